The van der Waals surface area contributed by atoms with E-state index in [2.05, 4.69) is 27.8 Å². The first-order chi connectivity index (χ1) is 14.7. The Kier molecular flexibility index (Phi) is 8.09. The molecule has 6 nitrogen and oxygen atoms in total. The molecule has 6 heteroatoms. The quantitative estimate of drug-likeness (QED) is 0.475. The predicted octanol–water partition coefficient (Wildman–Crippen LogP) is 4.81. The number of urea groups is 1. The average Bonchev–Trinajstić information content (AvgIpc) is 2.79. The van der Waals surface area contributed by atoms with Crippen molar-refractivity contribution >= 4 is 11.7 Å². The number of pyridine rings is 1. The van der Waals surface area contributed by atoms with Crippen LogP contribution in [0.4, 0.5) is 10.5 Å². The van der Waals surface area contributed by atoms with Crippen molar-refractivity contribution in [3.05, 3.63) is 84.2 Å². The second-order valence-corrected chi connectivity index (χ2v) is 6.85. The van der Waals surface area contributed by atoms with Crippen molar-refractivity contribution < 1.29 is 14.3 Å². The van der Waals surface area contributed by atoms with Gasteiger partial charge in [0.2, 0.25) is 0 Å². The Morgan fingerprint density at radius 3 is 2.27 bits per heavy atom. The van der Waals surface area contributed by atoms with Gasteiger partial charge in [0.1, 0.15) is 18.1 Å². The van der Waals surface area contributed by atoms with Crippen LogP contribution in [0.15, 0.2) is 73.1 Å². The standard InChI is InChI=1S/C24H27N3O3/c1-29-22-9-5-19(6-10-22)4-2-3-15-26-24(28)27-21-7-11-23(12-8-21)30-18-20-13-16-25-17-14-20/h5-14,16-17H,2-4,15,18H2,1H3,(H2,26,27,28). The SMILES string of the molecule is COc1ccc(CCCCNC(=O)Nc2ccc(OCc3ccncc3)cc2)cc1. The largest absolute Gasteiger partial charge is 0.497 e. The van der Waals surface area contributed by atoms with Gasteiger partial charge in [-0.1, -0.05) is 12.1 Å². The highest BCUT2D eigenvalue weighted by atomic mass is 16.5. The van der Waals surface area contributed by atoms with Crippen molar-refractivity contribution in [1.82, 2.24) is 10.3 Å². The van der Waals surface area contributed by atoms with Crippen molar-refractivity contribution in [2.24, 2.45) is 0 Å². The molecule has 2 aromatic carbocycles. The van der Waals surface area contributed by atoms with Crippen LogP contribution in [0.3, 0.4) is 0 Å². The Labute approximate surface area is 177 Å². The average molecular weight is 405 g/mol. The van der Waals surface area contributed by atoms with Gasteiger partial charge in [0.25, 0.3) is 0 Å². The maximum absolute atomic E-state index is 12.0. The molecule has 156 valence electrons. The maximum atomic E-state index is 12.0. The van der Waals surface area contributed by atoms with E-state index in [1.807, 2.05) is 48.5 Å². The third kappa shape index (κ3) is 7.13. The zero-order valence-corrected chi connectivity index (χ0v) is 17.1. The molecule has 0 atom stereocenters. The van der Waals surface area contributed by atoms with E-state index in [4.69, 9.17) is 9.47 Å². The Morgan fingerprint density at radius 2 is 1.57 bits per heavy atom. The highest BCUT2D eigenvalue weighted by Crippen LogP contribution is 2.17. The summed E-state index contributed by atoms with van der Waals surface area (Å²) in [5.41, 5.74) is 3.05. The van der Waals surface area contributed by atoms with Gasteiger partial charge in [0, 0.05) is 24.6 Å². The van der Waals surface area contributed by atoms with Gasteiger partial charge in [0.15, 0.2) is 0 Å². The molecule has 0 radical (unpaired) electrons. The van der Waals surface area contributed by atoms with Crippen LogP contribution < -0.4 is 20.1 Å². The summed E-state index contributed by atoms with van der Waals surface area (Å²) in [4.78, 5) is 16.0. The van der Waals surface area contributed by atoms with E-state index >= 15 is 0 Å². The normalized spacial score (nSPS) is 10.3. The Hall–Kier alpha value is -3.54. The molecule has 1 heterocycles. The second kappa shape index (κ2) is 11.5. The fraction of sp³-hybridized carbons (Fsp3) is 0.250. The van der Waals surface area contributed by atoms with E-state index in [0.717, 1.165) is 42.0 Å². The summed E-state index contributed by atoms with van der Waals surface area (Å²) in [6.07, 6.45) is 6.39. The summed E-state index contributed by atoms with van der Waals surface area (Å²) in [6.45, 7) is 1.11. The zero-order chi connectivity index (χ0) is 21.0. The first-order valence-corrected chi connectivity index (χ1v) is 10.0. The van der Waals surface area contributed by atoms with Gasteiger partial charge in [-0.2, -0.15) is 0 Å². The summed E-state index contributed by atoms with van der Waals surface area (Å²) in [5.74, 6) is 1.61. The van der Waals surface area contributed by atoms with Crippen LogP contribution in [-0.4, -0.2) is 24.7 Å². The molecule has 0 spiro atoms. The van der Waals surface area contributed by atoms with Crippen LogP contribution in [0.5, 0.6) is 11.5 Å². The van der Waals surface area contributed by atoms with Crippen LogP contribution in [-0.2, 0) is 13.0 Å². The molecule has 0 aliphatic carbocycles. The number of anilines is 1. The highest BCUT2D eigenvalue weighted by Gasteiger charge is 2.02. The molecule has 1 aromatic heterocycles. The number of carbonyl (C=O) groups is 1. The molecular weight excluding hydrogens is 378 g/mol. The molecule has 0 saturated heterocycles. The lowest BCUT2D eigenvalue weighted by Crippen LogP contribution is -2.29. The number of amides is 2. The van der Waals surface area contributed by atoms with Crippen LogP contribution in [0.25, 0.3) is 0 Å². The molecule has 30 heavy (non-hydrogen) atoms. The molecule has 3 aromatic rings. The lowest BCUT2D eigenvalue weighted by atomic mass is 10.1. The van der Waals surface area contributed by atoms with Crippen LogP contribution >= 0.6 is 0 Å². The summed E-state index contributed by atoms with van der Waals surface area (Å²) >= 11 is 0. The van der Waals surface area contributed by atoms with Crippen LogP contribution in [0.1, 0.15) is 24.0 Å². The van der Waals surface area contributed by atoms with Gasteiger partial charge < -0.3 is 20.1 Å². The first kappa shape index (κ1) is 21.2. The molecule has 0 aliphatic heterocycles. The number of nitrogens with zero attached hydrogens (tertiary/aromatic N) is 1. The zero-order valence-electron chi connectivity index (χ0n) is 17.1. The number of aryl methyl sites for hydroxylation is 1. The third-order valence-corrected chi connectivity index (χ3v) is 4.60. The summed E-state index contributed by atoms with van der Waals surface area (Å²) in [5, 5.41) is 5.73. The molecule has 2 amide bonds. The van der Waals surface area contributed by atoms with E-state index < -0.39 is 0 Å². The van der Waals surface area contributed by atoms with Gasteiger partial charge in [0.05, 0.1) is 7.11 Å². The summed E-state index contributed by atoms with van der Waals surface area (Å²) in [6, 6.07) is 19.0. The highest BCUT2D eigenvalue weighted by molar-refractivity contribution is 5.89. The van der Waals surface area contributed by atoms with Crippen molar-refractivity contribution in [2.75, 3.05) is 19.0 Å². The van der Waals surface area contributed by atoms with Gasteiger partial charge in [-0.25, -0.2) is 4.79 Å². The predicted molar refractivity (Wildman–Crippen MR) is 118 cm³/mol. The molecule has 3 rings (SSSR count). The van der Waals surface area contributed by atoms with E-state index in [1.165, 1.54) is 5.56 Å². The van der Waals surface area contributed by atoms with Crippen molar-refractivity contribution in [2.45, 2.75) is 25.9 Å². The van der Waals surface area contributed by atoms with Gasteiger partial charge in [-0.05, 0) is 78.9 Å². The molecule has 0 fully saturated rings. The fourth-order valence-corrected chi connectivity index (χ4v) is 2.90. The number of benzene rings is 2. The van der Waals surface area contributed by atoms with Crippen molar-refractivity contribution in [3.63, 3.8) is 0 Å². The maximum Gasteiger partial charge on any atom is 0.319 e. The molecule has 0 saturated carbocycles. The minimum absolute atomic E-state index is 0.204. The van der Waals surface area contributed by atoms with E-state index in [0.29, 0.717) is 13.2 Å². The number of unbranched alkanes of at least 4 members (excludes halogenated alkanes) is 1. The van der Waals surface area contributed by atoms with Crippen LogP contribution in [0, 0.1) is 0 Å². The number of aromatic nitrogens is 1. The Bertz CT molecular complexity index is 897. The summed E-state index contributed by atoms with van der Waals surface area (Å²) < 4.78 is 10.9. The number of ether oxygens (including phenoxy) is 2. The van der Waals surface area contributed by atoms with Crippen molar-refractivity contribution in [3.8, 4) is 11.5 Å². The van der Waals surface area contributed by atoms with Gasteiger partial charge >= 0.3 is 6.03 Å². The number of nitrogens with one attached hydrogen (secondary N) is 2. The van der Waals surface area contributed by atoms with E-state index in [-0.39, 0.29) is 6.03 Å². The van der Waals surface area contributed by atoms with Gasteiger partial charge in [-0.15, -0.1) is 0 Å². The number of hydrogen-bond acceptors (Lipinski definition) is 4. The van der Waals surface area contributed by atoms with E-state index in [9.17, 15) is 4.79 Å². The Morgan fingerprint density at radius 1 is 0.867 bits per heavy atom. The molecule has 2 N–H and O–H groups in total. The number of rotatable bonds is 10. The Balaban J connectivity index is 1.31. The van der Waals surface area contributed by atoms with Crippen molar-refractivity contribution in [1.29, 1.82) is 0 Å². The number of methoxy groups -OCH3 is 1. The lowest BCUT2D eigenvalue weighted by molar-refractivity contribution is 0.252. The summed E-state index contributed by atoms with van der Waals surface area (Å²) in [7, 11) is 1.66. The first-order valence-electron chi connectivity index (χ1n) is 10.0. The molecule has 0 unspecified atom stereocenters. The van der Waals surface area contributed by atoms with Gasteiger partial charge in [-0.3, -0.25) is 4.98 Å². The minimum Gasteiger partial charge on any atom is -0.497 e. The molecular formula is C24H27N3O3. The number of hydrogen-bond donors (Lipinski definition) is 2. The third-order valence-electron chi connectivity index (χ3n) is 4.60. The van der Waals surface area contributed by atoms with Crippen LogP contribution in [0.2, 0.25) is 0 Å². The van der Waals surface area contributed by atoms with E-state index in [1.54, 1.807) is 19.5 Å². The molecule has 0 aliphatic rings. The second-order valence-electron chi connectivity index (χ2n) is 6.85. The smallest absolute Gasteiger partial charge is 0.319 e. The molecule has 0 bridgehead atoms. The lowest BCUT2D eigenvalue weighted by Gasteiger charge is -2.09. The number of carbonyl (C=O) groups excluding carboxylic acids is 1. The monoisotopic (exact) mass is 405 g/mol. The fourth-order valence-electron chi connectivity index (χ4n) is 2.90. The topological polar surface area (TPSA) is 72.5 Å². The minimum atomic E-state index is -0.204.